The average Bonchev–Trinajstić information content (AvgIpc) is 2.71. The topological polar surface area (TPSA) is 49.4 Å². The summed E-state index contributed by atoms with van der Waals surface area (Å²) in [5.41, 5.74) is 1.81. The molecule has 2 amide bonds. The smallest absolute Gasteiger partial charge is 0.242 e. The first-order valence-corrected chi connectivity index (χ1v) is 11.1. The molecule has 0 saturated carbocycles. The normalized spacial score (nSPS) is 11.7. The van der Waals surface area contributed by atoms with E-state index in [0.29, 0.717) is 17.3 Å². The van der Waals surface area contributed by atoms with Gasteiger partial charge in [0.05, 0.1) is 5.75 Å². The first kappa shape index (κ1) is 23.2. The number of carbonyl (C=O) groups excluding carboxylic acids is 2. The Labute approximate surface area is 180 Å². The van der Waals surface area contributed by atoms with Gasteiger partial charge in [-0.15, -0.1) is 11.8 Å². The van der Waals surface area contributed by atoms with E-state index in [1.54, 1.807) is 24.0 Å². The highest BCUT2D eigenvalue weighted by Gasteiger charge is 2.25. The van der Waals surface area contributed by atoms with Crippen LogP contribution in [0.3, 0.4) is 0 Å². The predicted molar refractivity (Wildman–Crippen MR) is 117 cm³/mol. The standard InChI is InChI=1S/C22H26ClFN2O2S/c1-3-11-25-22(28)16(2)26(13-17-7-9-20(24)10-8-17)21(27)15-29-14-18-5-4-6-19(23)12-18/h4-10,12,16H,3,11,13-15H2,1-2H3,(H,25,28)/t16-/m0/s1. The minimum Gasteiger partial charge on any atom is -0.354 e. The zero-order chi connectivity index (χ0) is 21.2. The maximum atomic E-state index is 13.2. The van der Waals surface area contributed by atoms with Crippen LogP contribution in [-0.4, -0.2) is 35.1 Å². The van der Waals surface area contributed by atoms with Gasteiger partial charge in [0.25, 0.3) is 0 Å². The van der Waals surface area contributed by atoms with Crippen LogP contribution >= 0.6 is 23.4 Å². The molecule has 0 saturated heterocycles. The van der Waals surface area contributed by atoms with Crippen LogP contribution in [0.1, 0.15) is 31.4 Å². The number of amides is 2. The Morgan fingerprint density at radius 3 is 2.55 bits per heavy atom. The Morgan fingerprint density at radius 2 is 1.90 bits per heavy atom. The lowest BCUT2D eigenvalue weighted by Gasteiger charge is -2.28. The molecule has 1 atom stereocenters. The van der Waals surface area contributed by atoms with E-state index in [0.717, 1.165) is 17.5 Å². The molecule has 0 aromatic heterocycles. The summed E-state index contributed by atoms with van der Waals surface area (Å²) in [6.45, 7) is 4.50. The summed E-state index contributed by atoms with van der Waals surface area (Å²) in [5, 5.41) is 3.50. The molecule has 156 valence electrons. The molecule has 0 aliphatic rings. The Kier molecular flexibility index (Phi) is 9.48. The molecule has 2 aromatic carbocycles. The van der Waals surface area contributed by atoms with Gasteiger partial charge >= 0.3 is 0 Å². The molecule has 0 fully saturated rings. The van der Waals surface area contributed by atoms with Gasteiger partial charge in [-0.2, -0.15) is 0 Å². The van der Waals surface area contributed by atoms with E-state index >= 15 is 0 Å². The summed E-state index contributed by atoms with van der Waals surface area (Å²) in [5.74, 6) is 0.215. The van der Waals surface area contributed by atoms with Crippen LogP contribution < -0.4 is 5.32 Å². The number of rotatable bonds is 10. The zero-order valence-electron chi connectivity index (χ0n) is 16.7. The zero-order valence-corrected chi connectivity index (χ0v) is 18.2. The van der Waals surface area contributed by atoms with Gasteiger partial charge in [0.1, 0.15) is 11.9 Å². The van der Waals surface area contributed by atoms with Gasteiger partial charge in [-0.1, -0.05) is 42.8 Å². The van der Waals surface area contributed by atoms with Crippen LogP contribution in [-0.2, 0) is 21.9 Å². The van der Waals surface area contributed by atoms with Crippen LogP contribution in [0.25, 0.3) is 0 Å². The SMILES string of the molecule is CCCNC(=O)[C@H](C)N(Cc1ccc(F)cc1)C(=O)CSCc1cccc(Cl)c1. The average molecular weight is 437 g/mol. The van der Waals surface area contributed by atoms with E-state index in [9.17, 15) is 14.0 Å². The third-order valence-corrected chi connectivity index (χ3v) is 5.59. The lowest BCUT2D eigenvalue weighted by molar-refractivity contribution is -0.138. The van der Waals surface area contributed by atoms with Crippen molar-refractivity contribution in [3.8, 4) is 0 Å². The summed E-state index contributed by atoms with van der Waals surface area (Å²) < 4.78 is 13.2. The summed E-state index contributed by atoms with van der Waals surface area (Å²) in [6, 6.07) is 12.9. The highest BCUT2D eigenvalue weighted by molar-refractivity contribution is 7.99. The van der Waals surface area contributed by atoms with Gasteiger partial charge in [0, 0.05) is 23.9 Å². The molecule has 7 heteroatoms. The fraction of sp³-hybridized carbons (Fsp3) is 0.364. The molecule has 0 unspecified atom stereocenters. The quantitative estimate of drug-likeness (QED) is 0.589. The van der Waals surface area contributed by atoms with Gasteiger partial charge in [-0.05, 0) is 48.7 Å². The lowest BCUT2D eigenvalue weighted by Crippen LogP contribution is -2.48. The second kappa shape index (κ2) is 11.8. The van der Waals surface area contributed by atoms with Crippen LogP contribution in [0.4, 0.5) is 4.39 Å². The fourth-order valence-corrected chi connectivity index (χ4v) is 3.80. The third-order valence-electron chi connectivity index (χ3n) is 4.37. The number of hydrogen-bond donors (Lipinski definition) is 1. The summed E-state index contributed by atoms with van der Waals surface area (Å²) in [6.07, 6.45) is 0.819. The molecule has 0 aliphatic heterocycles. The first-order chi connectivity index (χ1) is 13.9. The number of halogens is 2. The van der Waals surface area contributed by atoms with Crippen molar-refractivity contribution in [3.63, 3.8) is 0 Å². The van der Waals surface area contributed by atoms with Gasteiger partial charge in [0.2, 0.25) is 11.8 Å². The maximum absolute atomic E-state index is 13.2. The van der Waals surface area contributed by atoms with E-state index in [1.165, 1.54) is 23.9 Å². The summed E-state index contributed by atoms with van der Waals surface area (Å²) in [4.78, 5) is 26.9. The molecular weight excluding hydrogens is 411 g/mol. The molecule has 0 spiro atoms. The molecule has 29 heavy (non-hydrogen) atoms. The van der Waals surface area contributed by atoms with Crippen molar-refractivity contribution >= 4 is 35.2 Å². The fourth-order valence-electron chi connectivity index (χ4n) is 2.73. The van der Waals surface area contributed by atoms with Gasteiger partial charge in [-0.3, -0.25) is 9.59 Å². The molecular formula is C22H26ClFN2O2S. The minimum absolute atomic E-state index is 0.138. The molecule has 4 nitrogen and oxygen atoms in total. The van der Waals surface area contributed by atoms with Crippen molar-refractivity contribution < 1.29 is 14.0 Å². The maximum Gasteiger partial charge on any atom is 0.242 e. The Hall–Kier alpha value is -2.05. The van der Waals surface area contributed by atoms with Crippen molar-refractivity contribution in [2.75, 3.05) is 12.3 Å². The van der Waals surface area contributed by atoms with Gasteiger partial charge < -0.3 is 10.2 Å². The largest absolute Gasteiger partial charge is 0.354 e. The number of nitrogens with zero attached hydrogens (tertiary/aromatic N) is 1. The van der Waals surface area contributed by atoms with Crippen LogP contribution in [0, 0.1) is 5.82 Å². The summed E-state index contributed by atoms with van der Waals surface area (Å²) >= 11 is 7.47. The van der Waals surface area contributed by atoms with Crippen molar-refractivity contribution in [1.82, 2.24) is 10.2 Å². The van der Waals surface area contributed by atoms with Crippen molar-refractivity contribution in [2.45, 2.75) is 38.6 Å². The number of thioether (sulfide) groups is 1. The predicted octanol–water partition coefficient (Wildman–Crippen LogP) is 4.66. The van der Waals surface area contributed by atoms with E-state index in [-0.39, 0.29) is 29.9 Å². The van der Waals surface area contributed by atoms with Gasteiger partial charge in [-0.25, -0.2) is 4.39 Å². The summed E-state index contributed by atoms with van der Waals surface area (Å²) in [7, 11) is 0. The Morgan fingerprint density at radius 1 is 1.17 bits per heavy atom. The number of benzene rings is 2. The monoisotopic (exact) mass is 436 g/mol. The Balaban J connectivity index is 2.04. The molecule has 0 aliphatic carbocycles. The van der Waals surface area contributed by atoms with Crippen molar-refractivity contribution in [3.05, 3.63) is 70.5 Å². The molecule has 0 radical (unpaired) electrons. The van der Waals surface area contributed by atoms with Crippen LogP contribution in [0.15, 0.2) is 48.5 Å². The molecule has 0 bridgehead atoms. The number of hydrogen-bond acceptors (Lipinski definition) is 3. The number of nitrogens with one attached hydrogen (secondary N) is 1. The van der Waals surface area contributed by atoms with Crippen LogP contribution in [0.2, 0.25) is 5.02 Å². The highest BCUT2D eigenvalue weighted by atomic mass is 35.5. The highest BCUT2D eigenvalue weighted by Crippen LogP contribution is 2.18. The van der Waals surface area contributed by atoms with E-state index in [4.69, 9.17) is 11.6 Å². The molecule has 2 rings (SSSR count). The molecule has 1 N–H and O–H groups in total. The second-order valence-corrected chi connectivity index (χ2v) is 8.16. The van der Waals surface area contributed by atoms with E-state index in [2.05, 4.69) is 5.32 Å². The third kappa shape index (κ3) is 7.71. The molecule has 2 aromatic rings. The van der Waals surface area contributed by atoms with Crippen molar-refractivity contribution in [2.24, 2.45) is 0 Å². The van der Waals surface area contributed by atoms with Crippen LogP contribution in [0.5, 0.6) is 0 Å². The second-order valence-electron chi connectivity index (χ2n) is 6.74. The molecule has 0 heterocycles. The minimum atomic E-state index is -0.620. The van der Waals surface area contributed by atoms with E-state index < -0.39 is 6.04 Å². The van der Waals surface area contributed by atoms with Gasteiger partial charge in [0.15, 0.2) is 0 Å². The van der Waals surface area contributed by atoms with Crippen molar-refractivity contribution in [1.29, 1.82) is 0 Å². The lowest BCUT2D eigenvalue weighted by atomic mass is 10.1. The first-order valence-electron chi connectivity index (χ1n) is 9.54. The number of carbonyl (C=O) groups is 2. The van der Waals surface area contributed by atoms with E-state index in [1.807, 2.05) is 31.2 Å². The Bertz CT molecular complexity index is 817.